The molecule has 3 nitrogen and oxygen atoms in total. The molecule has 0 aliphatic rings. The molecule has 0 spiro atoms. The summed E-state index contributed by atoms with van der Waals surface area (Å²) < 4.78 is 5.53. The number of likely N-dealkylation sites (N-methyl/N-ethyl adjacent to an activating group) is 1. The van der Waals surface area contributed by atoms with Gasteiger partial charge in [-0.15, -0.1) is 0 Å². The van der Waals surface area contributed by atoms with Crippen molar-refractivity contribution in [2.75, 3.05) is 21.2 Å². The molecular weight excluding hydrogens is 212 g/mol. The highest BCUT2D eigenvalue weighted by molar-refractivity contribution is 5.46. The lowest BCUT2D eigenvalue weighted by atomic mass is 9.95. The Balaban J connectivity index is 3.36. The molecule has 17 heavy (non-hydrogen) atoms. The zero-order chi connectivity index (χ0) is 13.2. The Kier molecular flexibility index (Phi) is 4.54. The number of benzene rings is 1. The minimum absolute atomic E-state index is 0.0556. The first-order chi connectivity index (χ1) is 7.88. The molecule has 2 N–H and O–H groups in total. The van der Waals surface area contributed by atoms with Gasteiger partial charge in [-0.25, -0.2) is 0 Å². The average Bonchev–Trinajstić information content (AvgIpc) is 2.15. The summed E-state index contributed by atoms with van der Waals surface area (Å²) in [5.41, 5.74) is 9.67. The van der Waals surface area contributed by atoms with Crippen molar-refractivity contribution in [3.8, 4) is 5.75 Å². The molecule has 2 atom stereocenters. The Labute approximate surface area is 105 Å². The molecular formula is C14H24N2O. The minimum Gasteiger partial charge on any atom is -0.496 e. The number of aryl methyl sites for hydroxylation is 2. The molecule has 0 radical (unpaired) electrons. The van der Waals surface area contributed by atoms with Gasteiger partial charge in [-0.05, 0) is 40.4 Å². The summed E-state index contributed by atoms with van der Waals surface area (Å²) in [4.78, 5) is 2.14. The van der Waals surface area contributed by atoms with Gasteiger partial charge in [0.1, 0.15) is 5.75 Å². The summed E-state index contributed by atoms with van der Waals surface area (Å²) in [7, 11) is 5.81. The van der Waals surface area contributed by atoms with Gasteiger partial charge < -0.3 is 15.4 Å². The van der Waals surface area contributed by atoms with Crippen LogP contribution in [0, 0.1) is 13.8 Å². The molecule has 3 heteroatoms. The van der Waals surface area contributed by atoms with Crippen LogP contribution in [0.5, 0.6) is 5.75 Å². The quantitative estimate of drug-likeness (QED) is 0.871. The van der Waals surface area contributed by atoms with Crippen molar-refractivity contribution in [1.82, 2.24) is 4.90 Å². The van der Waals surface area contributed by atoms with Crippen LogP contribution in [0.25, 0.3) is 0 Å². The van der Waals surface area contributed by atoms with Gasteiger partial charge in [0, 0.05) is 11.6 Å². The van der Waals surface area contributed by atoms with Gasteiger partial charge in [-0.3, -0.25) is 0 Å². The standard InChI is InChI=1S/C14H24N2O/c1-9-7-10(2)14(17-6)12(8-9)13(11(3)15)16(4)5/h7-8,11,13H,15H2,1-6H3. The third-order valence-electron chi connectivity index (χ3n) is 3.02. The second-order valence-corrected chi connectivity index (χ2v) is 4.97. The van der Waals surface area contributed by atoms with Crippen molar-refractivity contribution >= 4 is 0 Å². The fourth-order valence-corrected chi connectivity index (χ4v) is 2.52. The molecule has 1 aromatic carbocycles. The molecule has 1 aromatic rings. The first-order valence-corrected chi connectivity index (χ1v) is 5.95. The van der Waals surface area contributed by atoms with Crippen LogP contribution >= 0.6 is 0 Å². The van der Waals surface area contributed by atoms with Gasteiger partial charge in [-0.2, -0.15) is 0 Å². The van der Waals surface area contributed by atoms with E-state index in [0.29, 0.717) is 0 Å². The number of nitrogens with zero attached hydrogens (tertiary/aromatic N) is 1. The number of methoxy groups -OCH3 is 1. The van der Waals surface area contributed by atoms with E-state index >= 15 is 0 Å². The summed E-state index contributed by atoms with van der Waals surface area (Å²) in [5, 5.41) is 0. The summed E-state index contributed by atoms with van der Waals surface area (Å²) >= 11 is 0. The van der Waals surface area contributed by atoms with E-state index < -0.39 is 0 Å². The lowest BCUT2D eigenvalue weighted by molar-refractivity contribution is 0.257. The number of rotatable bonds is 4. The van der Waals surface area contributed by atoms with Crippen molar-refractivity contribution < 1.29 is 4.74 Å². The monoisotopic (exact) mass is 236 g/mol. The van der Waals surface area contributed by atoms with Crippen LogP contribution < -0.4 is 10.5 Å². The van der Waals surface area contributed by atoms with Crippen LogP contribution in [0.3, 0.4) is 0 Å². The van der Waals surface area contributed by atoms with E-state index in [0.717, 1.165) is 11.3 Å². The largest absolute Gasteiger partial charge is 0.496 e. The number of ether oxygens (including phenoxy) is 1. The summed E-state index contributed by atoms with van der Waals surface area (Å²) in [5.74, 6) is 0.951. The van der Waals surface area contributed by atoms with Crippen molar-refractivity contribution in [3.63, 3.8) is 0 Å². The van der Waals surface area contributed by atoms with Crippen molar-refractivity contribution in [3.05, 3.63) is 28.8 Å². The molecule has 0 saturated heterocycles. The molecule has 0 aliphatic carbocycles. The predicted molar refractivity (Wildman–Crippen MR) is 72.5 cm³/mol. The Hall–Kier alpha value is -1.06. The molecule has 2 unspecified atom stereocenters. The van der Waals surface area contributed by atoms with Gasteiger partial charge in [-0.1, -0.05) is 17.7 Å². The van der Waals surface area contributed by atoms with E-state index in [1.807, 2.05) is 21.0 Å². The fourth-order valence-electron chi connectivity index (χ4n) is 2.52. The second kappa shape index (κ2) is 5.52. The van der Waals surface area contributed by atoms with Gasteiger partial charge in [0.2, 0.25) is 0 Å². The average molecular weight is 236 g/mol. The Morgan fingerprint density at radius 2 is 1.82 bits per heavy atom. The van der Waals surface area contributed by atoms with Crippen LogP contribution in [-0.4, -0.2) is 32.1 Å². The highest BCUT2D eigenvalue weighted by atomic mass is 16.5. The lowest BCUT2D eigenvalue weighted by Crippen LogP contribution is -2.35. The molecule has 0 heterocycles. The molecule has 0 bridgehead atoms. The number of hydrogen-bond acceptors (Lipinski definition) is 3. The van der Waals surface area contributed by atoms with E-state index in [9.17, 15) is 0 Å². The SMILES string of the molecule is COc1c(C)cc(C)cc1C(C(C)N)N(C)C. The van der Waals surface area contributed by atoms with Crippen LogP contribution in [0.4, 0.5) is 0 Å². The fraction of sp³-hybridized carbons (Fsp3) is 0.571. The van der Waals surface area contributed by atoms with E-state index in [1.54, 1.807) is 7.11 Å². The first kappa shape index (κ1) is 14.0. The van der Waals surface area contributed by atoms with Gasteiger partial charge in [0.25, 0.3) is 0 Å². The van der Waals surface area contributed by atoms with Crippen LogP contribution in [0.2, 0.25) is 0 Å². The smallest absolute Gasteiger partial charge is 0.126 e. The van der Waals surface area contributed by atoms with Crippen LogP contribution in [0.1, 0.15) is 29.7 Å². The Morgan fingerprint density at radius 3 is 2.24 bits per heavy atom. The first-order valence-electron chi connectivity index (χ1n) is 5.95. The van der Waals surface area contributed by atoms with Crippen LogP contribution in [0.15, 0.2) is 12.1 Å². The van der Waals surface area contributed by atoms with Gasteiger partial charge >= 0.3 is 0 Å². The zero-order valence-electron chi connectivity index (χ0n) is 11.7. The van der Waals surface area contributed by atoms with Crippen molar-refractivity contribution in [2.45, 2.75) is 32.9 Å². The lowest BCUT2D eigenvalue weighted by Gasteiger charge is -2.30. The zero-order valence-corrected chi connectivity index (χ0v) is 11.7. The summed E-state index contributed by atoms with van der Waals surface area (Å²) in [6.45, 7) is 6.20. The second-order valence-electron chi connectivity index (χ2n) is 4.97. The van der Waals surface area contributed by atoms with Crippen LogP contribution in [-0.2, 0) is 0 Å². The highest BCUT2D eigenvalue weighted by Crippen LogP contribution is 2.33. The molecule has 1 rings (SSSR count). The number of nitrogens with two attached hydrogens (primary N) is 1. The van der Waals surface area contributed by atoms with Crippen molar-refractivity contribution in [2.24, 2.45) is 5.73 Å². The Morgan fingerprint density at radius 1 is 1.24 bits per heavy atom. The predicted octanol–water partition coefficient (Wildman–Crippen LogP) is 2.26. The maximum absolute atomic E-state index is 6.10. The molecule has 0 aromatic heterocycles. The van der Waals surface area contributed by atoms with Crippen molar-refractivity contribution in [1.29, 1.82) is 0 Å². The van der Waals surface area contributed by atoms with Gasteiger partial charge in [0.05, 0.1) is 13.2 Å². The molecule has 0 amide bonds. The maximum Gasteiger partial charge on any atom is 0.126 e. The highest BCUT2D eigenvalue weighted by Gasteiger charge is 2.23. The maximum atomic E-state index is 6.10. The summed E-state index contributed by atoms with van der Waals surface area (Å²) in [6.07, 6.45) is 0. The summed E-state index contributed by atoms with van der Waals surface area (Å²) in [6, 6.07) is 4.53. The van der Waals surface area contributed by atoms with E-state index in [4.69, 9.17) is 10.5 Å². The topological polar surface area (TPSA) is 38.5 Å². The molecule has 0 fully saturated rings. The van der Waals surface area contributed by atoms with E-state index in [1.165, 1.54) is 11.1 Å². The number of hydrogen-bond donors (Lipinski definition) is 1. The third-order valence-corrected chi connectivity index (χ3v) is 3.02. The third kappa shape index (κ3) is 2.99. The van der Waals surface area contributed by atoms with Gasteiger partial charge in [0.15, 0.2) is 0 Å². The van der Waals surface area contributed by atoms with E-state index in [2.05, 4.69) is 30.9 Å². The normalized spacial score (nSPS) is 14.8. The minimum atomic E-state index is 0.0556. The molecule has 96 valence electrons. The molecule has 0 saturated carbocycles. The molecule has 0 aliphatic heterocycles. The Bertz CT molecular complexity index is 378. The van der Waals surface area contributed by atoms with E-state index in [-0.39, 0.29) is 12.1 Å².